The molecule has 25 heavy (non-hydrogen) atoms. The monoisotopic (exact) mass is 361 g/mol. The highest BCUT2D eigenvalue weighted by molar-refractivity contribution is 6.59. The Kier molecular flexibility index (Phi) is 7.58. The zero-order chi connectivity index (χ0) is 18.5. The highest BCUT2D eigenvalue weighted by Gasteiger charge is 2.41. The molecule has 1 N–H and O–H groups in total. The molecule has 0 aliphatic heterocycles. The molecular weight excluding hydrogens is 318 g/mol. The largest absolute Gasteiger partial charge is 0.302 e. The fourth-order valence-corrected chi connectivity index (χ4v) is 7.22. The van der Waals surface area contributed by atoms with Gasteiger partial charge < -0.3 is 5.32 Å². The van der Waals surface area contributed by atoms with Gasteiger partial charge in [0.25, 0.3) is 0 Å². The number of hydrogen-bond acceptors (Lipinski definition) is 1. The predicted molar refractivity (Wildman–Crippen MR) is 116 cm³/mol. The Bertz CT molecular complexity index is 490. The Labute approximate surface area is 159 Å². The Balaban J connectivity index is 2.21. The van der Waals surface area contributed by atoms with Gasteiger partial charge in [0, 0.05) is 5.16 Å². The first-order chi connectivity index (χ1) is 11.8. The van der Waals surface area contributed by atoms with Crippen molar-refractivity contribution < 1.29 is 0 Å². The summed E-state index contributed by atoms with van der Waals surface area (Å²) in [4.78, 5) is 0. The molecule has 1 saturated carbocycles. The molecule has 2 rings (SSSR count). The van der Waals surface area contributed by atoms with Gasteiger partial charge in [-0.3, -0.25) is 0 Å². The summed E-state index contributed by atoms with van der Waals surface area (Å²) in [6, 6.07) is 0. The first kappa shape index (κ1) is 21.0. The molecule has 2 heteroatoms. The smallest absolute Gasteiger partial charge is 0.0561 e. The molecule has 0 saturated heterocycles. The van der Waals surface area contributed by atoms with Crippen LogP contribution in [-0.2, 0) is 0 Å². The maximum atomic E-state index is 4.30. The van der Waals surface area contributed by atoms with E-state index in [1.165, 1.54) is 81.8 Å². The van der Waals surface area contributed by atoms with E-state index >= 15 is 0 Å². The Morgan fingerprint density at radius 1 is 0.800 bits per heavy atom. The molecule has 0 aromatic heterocycles. The molecule has 0 amide bonds. The highest BCUT2D eigenvalue weighted by Crippen LogP contribution is 2.38. The third-order valence-corrected chi connectivity index (χ3v) is 10.2. The molecule has 0 spiro atoms. The van der Waals surface area contributed by atoms with Crippen LogP contribution in [0, 0.1) is 0 Å². The lowest BCUT2D eigenvalue weighted by molar-refractivity contribution is 0.303. The lowest BCUT2D eigenvalue weighted by Gasteiger charge is -2.45. The lowest BCUT2D eigenvalue weighted by atomic mass is 9.90. The van der Waals surface area contributed by atoms with E-state index in [2.05, 4.69) is 52.2 Å². The minimum absolute atomic E-state index is 0.0719. The number of nitrogens with one attached hydrogen (secondary N) is 1. The molecule has 1 nitrogen and oxygen atoms in total. The van der Waals surface area contributed by atoms with Crippen molar-refractivity contribution in [3.05, 3.63) is 22.8 Å². The van der Waals surface area contributed by atoms with Crippen LogP contribution in [0.1, 0.15) is 98.3 Å². The Hall–Kier alpha value is -0.343. The zero-order valence-corrected chi connectivity index (χ0v) is 19.1. The molecular formula is C23H43NSi. The summed E-state index contributed by atoms with van der Waals surface area (Å²) in [5.74, 6) is 0. The van der Waals surface area contributed by atoms with Gasteiger partial charge >= 0.3 is 0 Å². The average Bonchev–Trinajstić information content (AvgIpc) is 2.73. The van der Waals surface area contributed by atoms with Crippen molar-refractivity contribution in [1.82, 2.24) is 5.32 Å². The lowest BCUT2D eigenvalue weighted by Crippen LogP contribution is -2.62. The third kappa shape index (κ3) is 5.10. The summed E-state index contributed by atoms with van der Waals surface area (Å²) in [5, 5.41) is 4.71. The van der Waals surface area contributed by atoms with E-state index in [1.807, 2.05) is 0 Å². The topological polar surface area (TPSA) is 12.0 Å². The van der Waals surface area contributed by atoms with Crippen LogP contribution in [-0.4, -0.2) is 19.5 Å². The zero-order valence-electron chi connectivity index (χ0n) is 17.9. The Morgan fingerprint density at radius 3 is 1.60 bits per heavy atom. The van der Waals surface area contributed by atoms with Crippen LogP contribution in [0.5, 0.6) is 0 Å². The van der Waals surface area contributed by atoms with Gasteiger partial charge in [0.2, 0.25) is 0 Å². The summed E-state index contributed by atoms with van der Waals surface area (Å²) in [7, 11) is -0.828. The summed E-state index contributed by atoms with van der Waals surface area (Å²) in [5.41, 5.74) is 4.60. The van der Waals surface area contributed by atoms with Gasteiger partial charge in [-0.25, -0.2) is 0 Å². The van der Waals surface area contributed by atoms with Crippen LogP contribution in [0.2, 0.25) is 13.1 Å². The Morgan fingerprint density at radius 2 is 1.24 bits per heavy atom. The first-order valence-electron chi connectivity index (χ1n) is 11.0. The minimum atomic E-state index is -0.828. The fourth-order valence-electron chi connectivity index (χ4n) is 5.07. The predicted octanol–water partition coefficient (Wildman–Crippen LogP) is 6.70. The van der Waals surface area contributed by atoms with Crippen molar-refractivity contribution >= 4 is 8.80 Å². The number of allylic oxidation sites excluding steroid dienone is 2. The van der Waals surface area contributed by atoms with Crippen molar-refractivity contribution in [3.8, 4) is 0 Å². The summed E-state index contributed by atoms with van der Waals surface area (Å²) in [6.07, 6.45) is 18.3. The minimum Gasteiger partial charge on any atom is -0.302 e. The second-order valence-electron chi connectivity index (χ2n) is 9.40. The van der Waals surface area contributed by atoms with Crippen molar-refractivity contribution in [2.45, 2.75) is 122 Å². The van der Waals surface area contributed by atoms with Crippen molar-refractivity contribution in [1.29, 1.82) is 0 Å². The number of hydrogen-bond donors (Lipinski definition) is 1. The van der Waals surface area contributed by atoms with Crippen molar-refractivity contribution in [2.75, 3.05) is 0 Å². The van der Waals surface area contributed by atoms with Crippen molar-refractivity contribution in [3.63, 3.8) is 0 Å². The molecule has 1 unspecified atom stereocenters. The van der Waals surface area contributed by atoms with E-state index < -0.39 is 8.80 Å². The second kappa shape index (κ2) is 9.04. The van der Waals surface area contributed by atoms with Gasteiger partial charge in [-0.2, -0.15) is 0 Å². The molecule has 2 aliphatic rings. The van der Waals surface area contributed by atoms with Crippen LogP contribution in [0.4, 0.5) is 0 Å². The standard InChI is InChI=1S/C23H43NSi/c1-19-18-22(4,21(3)20(19)2)24-23(25(5)6)16-14-12-10-8-7-9-11-13-15-17-23/h18,24-25H,7-17H2,1-6H3. The average molecular weight is 362 g/mol. The SMILES string of the molecule is CC1=CC(C)(NC2([SiH](C)C)CCCCCCCCCCC2)C(C)=C1C. The van der Waals surface area contributed by atoms with Gasteiger partial charge in [0.15, 0.2) is 0 Å². The third-order valence-electron chi connectivity index (χ3n) is 7.30. The number of rotatable bonds is 3. The van der Waals surface area contributed by atoms with Gasteiger partial charge in [-0.05, 0) is 51.7 Å². The van der Waals surface area contributed by atoms with E-state index in [9.17, 15) is 0 Å². The summed E-state index contributed by atoms with van der Waals surface area (Å²) in [6.45, 7) is 14.5. The van der Waals surface area contributed by atoms with Crippen LogP contribution in [0.25, 0.3) is 0 Å². The van der Waals surface area contributed by atoms with Gasteiger partial charge in [0.1, 0.15) is 0 Å². The first-order valence-corrected chi connectivity index (χ1v) is 13.9. The van der Waals surface area contributed by atoms with E-state index in [-0.39, 0.29) is 5.54 Å². The summed E-state index contributed by atoms with van der Waals surface area (Å²) < 4.78 is 0. The molecule has 0 heterocycles. The molecule has 1 fully saturated rings. The molecule has 0 bridgehead atoms. The van der Waals surface area contributed by atoms with Crippen LogP contribution >= 0.6 is 0 Å². The van der Waals surface area contributed by atoms with E-state index in [4.69, 9.17) is 0 Å². The van der Waals surface area contributed by atoms with E-state index in [0.29, 0.717) is 5.16 Å². The normalized spacial score (nSPS) is 29.3. The van der Waals surface area contributed by atoms with Crippen LogP contribution in [0.3, 0.4) is 0 Å². The molecule has 0 aromatic rings. The van der Waals surface area contributed by atoms with Crippen LogP contribution < -0.4 is 5.32 Å². The van der Waals surface area contributed by atoms with Gasteiger partial charge in [-0.1, -0.05) is 82.5 Å². The van der Waals surface area contributed by atoms with E-state index in [0.717, 1.165) is 0 Å². The molecule has 0 aromatic carbocycles. The molecule has 2 aliphatic carbocycles. The highest BCUT2D eigenvalue weighted by atomic mass is 28.3. The van der Waals surface area contributed by atoms with E-state index in [1.54, 1.807) is 5.57 Å². The quantitative estimate of drug-likeness (QED) is 0.551. The fraction of sp³-hybridized carbons (Fsp3) is 0.826. The maximum absolute atomic E-state index is 4.30. The maximum Gasteiger partial charge on any atom is 0.0561 e. The molecule has 1 atom stereocenters. The summed E-state index contributed by atoms with van der Waals surface area (Å²) >= 11 is 0. The van der Waals surface area contributed by atoms with Gasteiger partial charge in [0.05, 0.1) is 14.3 Å². The van der Waals surface area contributed by atoms with Gasteiger partial charge in [-0.15, -0.1) is 0 Å². The second-order valence-corrected chi connectivity index (χ2v) is 12.8. The van der Waals surface area contributed by atoms with Crippen molar-refractivity contribution in [2.24, 2.45) is 0 Å². The van der Waals surface area contributed by atoms with Crippen LogP contribution in [0.15, 0.2) is 22.8 Å². The molecule has 144 valence electrons. The molecule has 0 radical (unpaired) electrons.